The lowest BCUT2D eigenvalue weighted by atomic mass is 10.1. The second-order valence-electron chi connectivity index (χ2n) is 5.70. The number of hydrogen-bond acceptors (Lipinski definition) is 6. The third-order valence-corrected chi connectivity index (χ3v) is 3.78. The van der Waals surface area contributed by atoms with Gasteiger partial charge in [-0.15, -0.1) is 0 Å². The summed E-state index contributed by atoms with van der Waals surface area (Å²) in [6.07, 6.45) is 3.60. The lowest BCUT2D eigenvalue weighted by molar-refractivity contribution is -0.117. The fourth-order valence-electron chi connectivity index (χ4n) is 2.36. The number of carbonyl (C=O) groups is 2. The van der Waals surface area contributed by atoms with Crippen LogP contribution >= 0.6 is 0 Å². The third-order valence-electron chi connectivity index (χ3n) is 3.78. The van der Waals surface area contributed by atoms with Gasteiger partial charge in [-0.05, 0) is 36.8 Å². The average Bonchev–Trinajstić information content (AvgIpc) is 3.23. The monoisotopic (exact) mass is 388 g/mol. The van der Waals surface area contributed by atoms with E-state index in [4.69, 9.17) is 18.6 Å². The standard InChI is InChI=1S/C20H24N2O6/c1-25-10-5-9-21-20(24)16(13-15-6-4-11-28-15)22-19(23)14-7-8-17(26-2)18(12-14)27-3/h4,6-8,11-13H,5,9-10H2,1-3H3,(H,21,24)(H,22,23)/b16-13-. The molecule has 2 amide bonds. The van der Waals surface area contributed by atoms with Crippen LogP contribution < -0.4 is 20.1 Å². The Kier molecular flexibility index (Phi) is 8.11. The van der Waals surface area contributed by atoms with Crippen molar-refractivity contribution in [2.45, 2.75) is 6.42 Å². The molecule has 0 spiro atoms. The number of carbonyl (C=O) groups excluding carboxylic acids is 2. The maximum absolute atomic E-state index is 12.7. The van der Waals surface area contributed by atoms with E-state index < -0.39 is 11.8 Å². The molecule has 150 valence electrons. The molecule has 2 aromatic rings. The van der Waals surface area contributed by atoms with Gasteiger partial charge >= 0.3 is 0 Å². The van der Waals surface area contributed by atoms with E-state index in [1.807, 2.05) is 0 Å². The van der Waals surface area contributed by atoms with Crippen LogP contribution in [0.4, 0.5) is 0 Å². The SMILES string of the molecule is COCCCNC(=O)/C(=C/c1ccco1)NC(=O)c1ccc(OC)c(OC)c1. The van der Waals surface area contributed by atoms with Crippen LogP contribution in [-0.4, -0.2) is 46.3 Å². The average molecular weight is 388 g/mol. The van der Waals surface area contributed by atoms with E-state index in [1.54, 1.807) is 31.4 Å². The highest BCUT2D eigenvalue weighted by Crippen LogP contribution is 2.27. The Morgan fingerprint density at radius 3 is 2.54 bits per heavy atom. The predicted molar refractivity (Wildman–Crippen MR) is 103 cm³/mol. The summed E-state index contributed by atoms with van der Waals surface area (Å²) in [4.78, 5) is 25.2. The Morgan fingerprint density at radius 1 is 1.11 bits per heavy atom. The first-order valence-electron chi connectivity index (χ1n) is 8.64. The van der Waals surface area contributed by atoms with E-state index in [-0.39, 0.29) is 5.70 Å². The minimum atomic E-state index is -0.467. The van der Waals surface area contributed by atoms with Crippen LogP contribution in [0.5, 0.6) is 11.5 Å². The van der Waals surface area contributed by atoms with Crippen molar-refractivity contribution in [2.75, 3.05) is 34.5 Å². The molecular formula is C20H24N2O6. The van der Waals surface area contributed by atoms with Crippen LogP contribution in [0.2, 0.25) is 0 Å². The van der Waals surface area contributed by atoms with Gasteiger partial charge in [0.15, 0.2) is 11.5 Å². The molecule has 0 saturated carbocycles. The van der Waals surface area contributed by atoms with Crippen molar-refractivity contribution in [2.24, 2.45) is 0 Å². The molecule has 1 heterocycles. The zero-order valence-electron chi connectivity index (χ0n) is 16.1. The highest BCUT2D eigenvalue weighted by atomic mass is 16.5. The zero-order chi connectivity index (χ0) is 20.4. The molecule has 1 aromatic carbocycles. The summed E-state index contributed by atoms with van der Waals surface area (Å²) >= 11 is 0. The summed E-state index contributed by atoms with van der Waals surface area (Å²) in [6, 6.07) is 8.11. The molecule has 8 heteroatoms. The molecule has 2 N–H and O–H groups in total. The molecule has 0 radical (unpaired) electrons. The van der Waals surface area contributed by atoms with Gasteiger partial charge in [0.05, 0.1) is 20.5 Å². The highest BCUT2D eigenvalue weighted by Gasteiger charge is 2.16. The maximum Gasteiger partial charge on any atom is 0.267 e. The van der Waals surface area contributed by atoms with Crippen LogP contribution in [0.25, 0.3) is 6.08 Å². The first-order chi connectivity index (χ1) is 13.6. The van der Waals surface area contributed by atoms with Crippen molar-refractivity contribution in [1.82, 2.24) is 10.6 Å². The van der Waals surface area contributed by atoms with Gasteiger partial charge in [-0.1, -0.05) is 0 Å². The Bertz CT molecular complexity index is 814. The van der Waals surface area contributed by atoms with Crippen LogP contribution in [0.1, 0.15) is 22.5 Å². The van der Waals surface area contributed by atoms with Crippen molar-refractivity contribution in [3.63, 3.8) is 0 Å². The van der Waals surface area contributed by atoms with E-state index in [0.717, 1.165) is 0 Å². The first-order valence-corrected chi connectivity index (χ1v) is 8.64. The fourth-order valence-corrected chi connectivity index (χ4v) is 2.36. The smallest absolute Gasteiger partial charge is 0.267 e. The Labute approximate surface area is 163 Å². The summed E-state index contributed by atoms with van der Waals surface area (Å²) in [5.41, 5.74) is 0.377. The summed E-state index contributed by atoms with van der Waals surface area (Å²) in [7, 11) is 4.58. The van der Waals surface area contributed by atoms with Crippen LogP contribution in [0.15, 0.2) is 46.7 Å². The molecule has 0 saturated heterocycles. The van der Waals surface area contributed by atoms with Crippen molar-refractivity contribution < 1.29 is 28.2 Å². The minimum Gasteiger partial charge on any atom is -0.493 e. The van der Waals surface area contributed by atoms with Gasteiger partial charge in [0, 0.05) is 31.9 Å². The van der Waals surface area contributed by atoms with Gasteiger partial charge in [-0.2, -0.15) is 0 Å². The van der Waals surface area contributed by atoms with E-state index >= 15 is 0 Å². The van der Waals surface area contributed by atoms with Crippen LogP contribution in [0.3, 0.4) is 0 Å². The second-order valence-corrected chi connectivity index (χ2v) is 5.70. The van der Waals surface area contributed by atoms with Crippen molar-refractivity contribution >= 4 is 17.9 Å². The highest BCUT2D eigenvalue weighted by molar-refractivity contribution is 6.05. The quantitative estimate of drug-likeness (QED) is 0.478. The van der Waals surface area contributed by atoms with Gasteiger partial charge in [0.25, 0.3) is 11.8 Å². The van der Waals surface area contributed by atoms with Gasteiger partial charge in [0.1, 0.15) is 11.5 Å². The number of methoxy groups -OCH3 is 3. The molecule has 0 aliphatic heterocycles. The number of hydrogen-bond donors (Lipinski definition) is 2. The number of nitrogens with one attached hydrogen (secondary N) is 2. The third kappa shape index (κ3) is 5.88. The zero-order valence-corrected chi connectivity index (χ0v) is 16.1. The topological polar surface area (TPSA) is 99.0 Å². The summed E-state index contributed by atoms with van der Waals surface area (Å²) in [6.45, 7) is 0.934. The molecule has 0 aliphatic rings. The second kappa shape index (κ2) is 10.8. The summed E-state index contributed by atoms with van der Waals surface area (Å²) in [5.74, 6) is 0.457. The largest absolute Gasteiger partial charge is 0.493 e. The summed E-state index contributed by atoms with van der Waals surface area (Å²) in [5, 5.41) is 5.36. The van der Waals surface area contributed by atoms with E-state index in [1.165, 1.54) is 32.6 Å². The van der Waals surface area contributed by atoms with Gasteiger partial charge in [0.2, 0.25) is 0 Å². The molecule has 0 unspecified atom stereocenters. The number of amides is 2. The minimum absolute atomic E-state index is 0.0622. The molecule has 0 bridgehead atoms. The molecule has 2 rings (SSSR count). The molecule has 0 fully saturated rings. The fraction of sp³-hybridized carbons (Fsp3) is 0.300. The lowest BCUT2D eigenvalue weighted by Gasteiger charge is -2.12. The molecule has 28 heavy (non-hydrogen) atoms. The van der Waals surface area contributed by atoms with Crippen molar-refractivity contribution in [3.05, 3.63) is 53.6 Å². The molecule has 1 aromatic heterocycles. The van der Waals surface area contributed by atoms with E-state index in [0.29, 0.717) is 42.4 Å². The Hall–Kier alpha value is -3.26. The van der Waals surface area contributed by atoms with E-state index in [2.05, 4.69) is 10.6 Å². The predicted octanol–water partition coefficient (Wildman–Crippen LogP) is 2.22. The van der Waals surface area contributed by atoms with Gasteiger partial charge < -0.3 is 29.3 Å². The van der Waals surface area contributed by atoms with Crippen molar-refractivity contribution in [1.29, 1.82) is 0 Å². The number of ether oxygens (including phenoxy) is 3. The normalized spacial score (nSPS) is 11.0. The Morgan fingerprint density at radius 2 is 1.89 bits per heavy atom. The molecular weight excluding hydrogens is 364 g/mol. The van der Waals surface area contributed by atoms with E-state index in [9.17, 15) is 9.59 Å². The lowest BCUT2D eigenvalue weighted by Crippen LogP contribution is -2.35. The number of furan rings is 1. The van der Waals surface area contributed by atoms with Crippen LogP contribution in [0, 0.1) is 0 Å². The molecule has 0 aliphatic carbocycles. The molecule has 8 nitrogen and oxygen atoms in total. The summed E-state index contributed by atoms with van der Waals surface area (Å²) < 4.78 is 20.6. The van der Waals surface area contributed by atoms with Crippen LogP contribution in [-0.2, 0) is 9.53 Å². The van der Waals surface area contributed by atoms with Gasteiger partial charge in [-0.3, -0.25) is 9.59 Å². The van der Waals surface area contributed by atoms with Gasteiger partial charge in [-0.25, -0.2) is 0 Å². The molecule has 0 atom stereocenters. The first kappa shape index (κ1) is 21.0. The van der Waals surface area contributed by atoms with Crippen molar-refractivity contribution in [3.8, 4) is 11.5 Å². The number of rotatable bonds is 10. The Balaban J connectivity index is 2.17. The number of benzene rings is 1. The maximum atomic E-state index is 12.7.